The van der Waals surface area contributed by atoms with Crippen molar-refractivity contribution in [1.82, 2.24) is 9.38 Å². The topological polar surface area (TPSA) is 150 Å². The summed E-state index contributed by atoms with van der Waals surface area (Å²) in [4.78, 5) is 43.3. The smallest absolute Gasteiger partial charge is 0.346 e. The quantitative estimate of drug-likeness (QED) is 0.360. The van der Waals surface area contributed by atoms with Crippen molar-refractivity contribution in [3.8, 4) is 0 Å². The highest BCUT2D eigenvalue weighted by molar-refractivity contribution is 7.89. The van der Waals surface area contributed by atoms with Gasteiger partial charge in [-0.05, 0) is 36.8 Å². The number of rotatable bonds is 7. The van der Waals surface area contributed by atoms with Crippen LogP contribution in [0.3, 0.4) is 0 Å². The number of primary sulfonamides is 1. The SMILES string of the molecule is CC(OC(=O)c1cnc2sc(Cc3ccccc3)cn2c1=O)C(=O)Nc1ccc(S(N)(=O)=O)cc1. The lowest BCUT2D eigenvalue weighted by Gasteiger charge is -2.13. The number of anilines is 1. The Morgan fingerprint density at radius 2 is 1.83 bits per heavy atom. The third-order valence-corrected chi connectivity index (χ3v) is 6.93. The number of carbonyl (C=O) groups is 2. The van der Waals surface area contributed by atoms with Crippen LogP contribution in [0.5, 0.6) is 0 Å². The largest absolute Gasteiger partial charge is 0.449 e. The van der Waals surface area contributed by atoms with Crippen LogP contribution in [-0.2, 0) is 26.0 Å². The van der Waals surface area contributed by atoms with Crippen LogP contribution >= 0.6 is 11.3 Å². The molecule has 0 saturated heterocycles. The summed E-state index contributed by atoms with van der Waals surface area (Å²) >= 11 is 1.34. The van der Waals surface area contributed by atoms with Crippen molar-refractivity contribution in [2.24, 2.45) is 5.14 Å². The van der Waals surface area contributed by atoms with Gasteiger partial charge in [-0.3, -0.25) is 14.0 Å². The van der Waals surface area contributed by atoms with Crippen LogP contribution in [0.15, 0.2) is 76.7 Å². The molecule has 0 aliphatic heterocycles. The summed E-state index contributed by atoms with van der Waals surface area (Å²) in [5.74, 6) is -1.66. The monoisotopic (exact) mass is 512 g/mol. The highest BCUT2D eigenvalue weighted by atomic mass is 32.2. The molecule has 2 aromatic heterocycles. The normalized spacial score (nSPS) is 12.3. The van der Waals surface area contributed by atoms with E-state index in [-0.39, 0.29) is 16.1 Å². The second-order valence-electron chi connectivity index (χ2n) is 7.60. The molecular formula is C23H20N4O6S2. The summed E-state index contributed by atoms with van der Waals surface area (Å²) in [6.45, 7) is 1.35. The zero-order chi connectivity index (χ0) is 25.2. The van der Waals surface area contributed by atoms with Crippen LogP contribution in [0.2, 0.25) is 0 Å². The Morgan fingerprint density at radius 1 is 1.14 bits per heavy atom. The molecule has 0 aliphatic carbocycles. The Labute approximate surface area is 204 Å². The summed E-state index contributed by atoms with van der Waals surface area (Å²) in [6, 6.07) is 14.9. The first-order valence-corrected chi connectivity index (χ1v) is 12.7. The van der Waals surface area contributed by atoms with E-state index in [2.05, 4.69) is 10.3 Å². The van der Waals surface area contributed by atoms with Crippen molar-refractivity contribution in [3.05, 3.63) is 93.3 Å². The molecular weight excluding hydrogens is 492 g/mol. The van der Waals surface area contributed by atoms with Crippen LogP contribution in [0, 0.1) is 0 Å². The number of aromatic nitrogens is 2. The van der Waals surface area contributed by atoms with Crippen molar-refractivity contribution in [1.29, 1.82) is 0 Å². The number of hydrogen-bond donors (Lipinski definition) is 2. The minimum atomic E-state index is -3.86. The van der Waals surface area contributed by atoms with Crippen molar-refractivity contribution in [3.63, 3.8) is 0 Å². The van der Waals surface area contributed by atoms with Gasteiger partial charge >= 0.3 is 5.97 Å². The van der Waals surface area contributed by atoms with Gasteiger partial charge < -0.3 is 10.1 Å². The van der Waals surface area contributed by atoms with Crippen LogP contribution in [-0.4, -0.2) is 35.8 Å². The maximum atomic E-state index is 12.9. The maximum absolute atomic E-state index is 12.9. The second-order valence-corrected chi connectivity index (χ2v) is 10.3. The van der Waals surface area contributed by atoms with E-state index >= 15 is 0 Å². The molecule has 10 nitrogen and oxygen atoms in total. The lowest BCUT2D eigenvalue weighted by Crippen LogP contribution is -2.32. The number of fused-ring (bicyclic) bond motifs is 1. The molecule has 1 unspecified atom stereocenters. The molecule has 0 fully saturated rings. The van der Waals surface area contributed by atoms with E-state index in [0.717, 1.165) is 16.6 Å². The number of amides is 1. The van der Waals surface area contributed by atoms with Gasteiger partial charge in [-0.15, -0.1) is 11.3 Å². The molecule has 4 rings (SSSR count). The summed E-state index contributed by atoms with van der Waals surface area (Å²) in [5, 5.41) is 7.54. The fraction of sp³-hybridized carbons (Fsp3) is 0.130. The first-order chi connectivity index (χ1) is 16.6. The number of carbonyl (C=O) groups excluding carboxylic acids is 2. The molecule has 2 heterocycles. The number of nitrogens with zero attached hydrogens (tertiary/aromatic N) is 2. The molecule has 1 atom stereocenters. The van der Waals surface area contributed by atoms with Gasteiger partial charge in [0.1, 0.15) is 5.56 Å². The standard InChI is InChI=1S/C23H20N4O6S2/c1-14(20(28)26-16-7-9-18(10-8-16)35(24,31)32)33-22(30)19-12-25-23-27(21(19)29)13-17(34-23)11-15-5-3-2-4-6-15/h2-10,12-14H,11H2,1H3,(H,26,28)(H2,24,31,32). The molecule has 3 N–H and O–H groups in total. The average molecular weight is 513 g/mol. The van der Waals surface area contributed by atoms with Crippen molar-refractivity contribution >= 4 is 43.9 Å². The number of sulfonamides is 1. The Bertz CT molecular complexity index is 1560. The highest BCUT2D eigenvalue weighted by Gasteiger charge is 2.23. The van der Waals surface area contributed by atoms with E-state index in [1.54, 1.807) is 6.20 Å². The molecule has 1 amide bonds. The number of hydrogen-bond acceptors (Lipinski definition) is 8. The van der Waals surface area contributed by atoms with E-state index in [0.29, 0.717) is 11.4 Å². The Hall–Kier alpha value is -3.87. The first-order valence-electron chi connectivity index (χ1n) is 10.3. The Kier molecular flexibility index (Phi) is 6.78. The molecule has 0 spiro atoms. The predicted octanol–water partition coefficient (Wildman–Crippen LogP) is 2.18. The zero-order valence-corrected chi connectivity index (χ0v) is 20.0. The summed E-state index contributed by atoms with van der Waals surface area (Å²) in [7, 11) is -3.86. The van der Waals surface area contributed by atoms with Crippen LogP contribution in [0.1, 0.15) is 27.7 Å². The number of nitrogens with one attached hydrogen (secondary N) is 1. The number of thiazole rings is 1. The molecule has 180 valence electrons. The highest BCUT2D eigenvalue weighted by Crippen LogP contribution is 2.19. The Balaban J connectivity index is 1.45. The van der Waals surface area contributed by atoms with Gasteiger partial charge in [0.2, 0.25) is 10.0 Å². The number of ether oxygens (including phenoxy) is 1. The minimum Gasteiger partial charge on any atom is -0.449 e. The molecule has 0 saturated carbocycles. The fourth-order valence-electron chi connectivity index (χ4n) is 3.20. The van der Waals surface area contributed by atoms with E-state index in [9.17, 15) is 22.8 Å². The van der Waals surface area contributed by atoms with Gasteiger partial charge in [0.05, 0.1) is 11.1 Å². The average Bonchev–Trinajstić information content (AvgIpc) is 3.23. The van der Waals surface area contributed by atoms with Crippen molar-refractivity contribution in [2.75, 3.05) is 5.32 Å². The van der Waals surface area contributed by atoms with Gasteiger partial charge in [-0.1, -0.05) is 30.3 Å². The van der Waals surface area contributed by atoms with Crippen molar-refractivity contribution < 1.29 is 22.7 Å². The summed E-state index contributed by atoms with van der Waals surface area (Å²) in [6.07, 6.45) is 2.15. The van der Waals surface area contributed by atoms with Gasteiger partial charge in [0, 0.05) is 23.2 Å². The molecule has 0 aliphatic rings. The minimum absolute atomic E-state index is 0.112. The first kappa shape index (κ1) is 24.3. The third-order valence-electron chi connectivity index (χ3n) is 5.00. The van der Waals surface area contributed by atoms with E-state index in [1.165, 1.54) is 46.9 Å². The zero-order valence-electron chi connectivity index (χ0n) is 18.4. The third kappa shape index (κ3) is 5.62. The summed E-state index contributed by atoms with van der Waals surface area (Å²) < 4.78 is 29.1. The van der Waals surface area contributed by atoms with Gasteiger partial charge in [-0.25, -0.2) is 23.3 Å². The molecule has 0 radical (unpaired) electrons. The Morgan fingerprint density at radius 3 is 2.49 bits per heavy atom. The fourth-order valence-corrected chi connectivity index (χ4v) is 4.69. The second kappa shape index (κ2) is 9.78. The van der Waals surface area contributed by atoms with Crippen LogP contribution in [0.25, 0.3) is 4.96 Å². The lowest BCUT2D eigenvalue weighted by molar-refractivity contribution is -0.123. The van der Waals surface area contributed by atoms with E-state index in [1.807, 2.05) is 30.3 Å². The van der Waals surface area contributed by atoms with Gasteiger partial charge in [0.25, 0.3) is 11.5 Å². The molecule has 4 aromatic rings. The van der Waals surface area contributed by atoms with E-state index < -0.39 is 33.6 Å². The molecule has 2 aromatic carbocycles. The predicted molar refractivity (Wildman–Crippen MR) is 130 cm³/mol. The number of esters is 1. The molecule has 35 heavy (non-hydrogen) atoms. The molecule has 0 bridgehead atoms. The van der Waals surface area contributed by atoms with E-state index in [4.69, 9.17) is 9.88 Å². The number of benzene rings is 2. The van der Waals surface area contributed by atoms with Gasteiger partial charge in [0.15, 0.2) is 11.1 Å². The molecule has 12 heteroatoms. The maximum Gasteiger partial charge on any atom is 0.346 e. The van der Waals surface area contributed by atoms with Crippen molar-refractivity contribution in [2.45, 2.75) is 24.3 Å². The van der Waals surface area contributed by atoms with Gasteiger partial charge in [-0.2, -0.15) is 0 Å². The number of nitrogens with two attached hydrogens (primary N) is 1. The lowest BCUT2D eigenvalue weighted by atomic mass is 10.1. The summed E-state index contributed by atoms with van der Waals surface area (Å²) in [5.41, 5.74) is 0.453. The van der Waals surface area contributed by atoms with Crippen LogP contribution < -0.4 is 16.0 Å². The van der Waals surface area contributed by atoms with Crippen LogP contribution in [0.4, 0.5) is 5.69 Å².